The third-order valence-corrected chi connectivity index (χ3v) is 8.90. The number of benzene rings is 2. The quantitative estimate of drug-likeness (QED) is 0.100. The number of rotatable bonds is 9. The van der Waals surface area contributed by atoms with Crippen LogP contribution in [0.5, 0.6) is 0 Å². The van der Waals surface area contributed by atoms with Crippen molar-refractivity contribution in [1.29, 1.82) is 0 Å². The number of hydrogen-bond donors (Lipinski definition) is 4. The van der Waals surface area contributed by atoms with Crippen molar-refractivity contribution < 1.29 is 18.7 Å². The van der Waals surface area contributed by atoms with E-state index in [-0.39, 0.29) is 22.5 Å². The Labute approximate surface area is 289 Å². The zero-order valence-electron chi connectivity index (χ0n) is 28.1. The monoisotopic (exact) mass is 677 g/mol. The molecule has 258 valence electrons. The van der Waals surface area contributed by atoms with E-state index in [0.717, 1.165) is 68.7 Å². The number of amides is 1. The van der Waals surface area contributed by atoms with Crippen molar-refractivity contribution in [3.05, 3.63) is 112 Å². The number of fused-ring (bicyclic) bond motifs is 2. The van der Waals surface area contributed by atoms with Crippen LogP contribution < -0.4 is 21.4 Å². The molecule has 50 heavy (non-hydrogen) atoms. The maximum absolute atomic E-state index is 14.9. The van der Waals surface area contributed by atoms with Gasteiger partial charge in [-0.05, 0) is 81.5 Å². The van der Waals surface area contributed by atoms with E-state index in [0.29, 0.717) is 34.8 Å². The fraction of sp³-hybridized carbons (Fsp3) is 0.342. The highest BCUT2D eigenvalue weighted by molar-refractivity contribution is 6.00. The first-order chi connectivity index (χ1) is 24.2. The average molecular weight is 678 g/mol. The summed E-state index contributed by atoms with van der Waals surface area (Å²) in [7, 11) is 0. The normalized spacial score (nSPS) is 17.2. The molecule has 3 aromatic heterocycles. The molecule has 2 aromatic carbocycles. The van der Waals surface area contributed by atoms with Crippen LogP contribution in [0.25, 0.3) is 26.7 Å². The van der Waals surface area contributed by atoms with Gasteiger partial charge < -0.3 is 30.4 Å². The number of carbonyl (C=O) groups is 1. The van der Waals surface area contributed by atoms with E-state index in [9.17, 15) is 14.0 Å². The lowest BCUT2D eigenvalue weighted by atomic mass is 9.95. The van der Waals surface area contributed by atoms with Gasteiger partial charge in [-0.2, -0.15) is 0 Å². The molecule has 0 spiro atoms. The van der Waals surface area contributed by atoms with Crippen LogP contribution in [0, 0.1) is 12.4 Å². The lowest BCUT2D eigenvalue weighted by Crippen LogP contribution is -2.41. The minimum Gasteiger partial charge on any atom is -0.376 e. The Morgan fingerprint density at radius 3 is 2.16 bits per heavy atom. The number of H-pyrrole nitrogens is 1. The van der Waals surface area contributed by atoms with E-state index >= 15 is 0 Å². The van der Waals surface area contributed by atoms with Gasteiger partial charge in [0.05, 0.1) is 35.4 Å². The molecule has 2 unspecified atom stereocenters. The topological polar surface area (TPSA) is 135 Å². The second-order valence-electron chi connectivity index (χ2n) is 12.9. The largest absolute Gasteiger partial charge is 0.376 e. The molecule has 2 saturated heterocycles. The molecule has 2 aliphatic rings. The van der Waals surface area contributed by atoms with Crippen molar-refractivity contribution >= 4 is 45.0 Å². The van der Waals surface area contributed by atoms with E-state index in [2.05, 4.69) is 35.7 Å². The predicted molar refractivity (Wildman–Crippen MR) is 192 cm³/mol. The first kappa shape index (κ1) is 34.5. The van der Waals surface area contributed by atoms with Crippen LogP contribution in [0.15, 0.2) is 77.9 Å². The number of hydrogen-bond acceptors (Lipinski definition) is 8. The number of nitrogens with zero attached hydrogens (tertiary/aromatic N) is 3. The number of para-hydroxylation sites is 1. The molecule has 2 aliphatic heterocycles. The van der Waals surface area contributed by atoms with Gasteiger partial charge in [0, 0.05) is 55.0 Å². The molecule has 5 heterocycles. The second kappa shape index (κ2) is 15.4. The standard InChI is InChI=1S/C27H27FN4O3.C11H13N3O/c1-27(2,16-9-10-24(29-14-16)30-15-17-6-5-11-35-17)32-26(34)19-13-23-20(12-21(19)28)25(33)18-7-3-4-8-22(18)31-23;1-12-9-4-5-11(13-7-9)14-8-10-3-2-6-15-10/h3-4,7-10,12-14,17H,5-6,11,15H2,1-2H3,(H,29,30)(H,31,33)(H,32,34);4-5,7,10H,2-3,6,8H2,(H,13,14). The van der Waals surface area contributed by atoms with Gasteiger partial charge in [-0.3, -0.25) is 14.6 Å². The lowest BCUT2D eigenvalue weighted by molar-refractivity contribution is 0.0908. The summed E-state index contributed by atoms with van der Waals surface area (Å²) in [5, 5.41) is 10.0. The van der Waals surface area contributed by atoms with Crippen LogP contribution in [-0.4, -0.2) is 59.4 Å². The van der Waals surface area contributed by atoms with Crippen LogP contribution in [0.1, 0.15) is 55.5 Å². The SMILES string of the molecule is CC(C)(NC(=O)c1cc2[nH]c3ccccc3c(=O)c2cc1F)c1ccc(NCC2CCCO2)nc1.[C-]#[N+]c1ccc(NCC2CCCO2)nc1. The fourth-order valence-electron chi connectivity index (χ4n) is 6.01. The summed E-state index contributed by atoms with van der Waals surface area (Å²) in [6, 6.07) is 16.8. The molecule has 2 atom stereocenters. The molecule has 1 amide bonds. The molecule has 0 bridgehead atoms. The number of anilines is 2. The lowest BCUT2D eigenvalue weighted by Gasteiger charge is -2.27. The maximum Gasteiger partial charge on any atom is 0.255 e. The van der Waals surface area contributed by atoms with Crippen molar-refractivity contribution in [3.63, 3.8) is 0 Å². The number of carbonyl (C=O) groups excluding carboxylic acids is 1. The van der Waals surface area contributed by atoms with Gasteiger partial charge in [-0.1, -0.05) is 24.3 Å². The van der Waals surface area contributed by atoms with Crippen LogP contribution in [-0.2, 0) is 15.0 Å². The molecule has 12 heteroatoms. The summed E-state index contributed by atoms with van der Waals surface area (Å²) in [6.45, 7) is 13.6. The highest BCUT2D eigenvalue weighted by Crippen LogP contribution is 2.24. The summed E-state index contributed by atoms with van der Waals surface area (Å²) in [5.41, 5.74) is 1.14. The Kier molecular flexibility index (Phi) is 10.7. The van der Waals surface area contributed by atoms with E-state index in [4.69, 9.17) is 16.0 Å². The van der Waals surface area contributed by atoms with Crippen molar-refractivity contribution in [3.8, 4) is 0 Å². The number of aromatic nitrogens is 3. The average Bonchev–Trinajstić information content (AvgIpc) is 3.86. The molecule has 0 saturated carbocycles. The first-order valence-corrected chi connectivity index (χ1v) is 16.8. The van der Waals surface area contributed by atoms with Crippen molar-refractivity contribution in [1.82, 2.24) is 20.3 Å². The third kappa shape index (κ3) is 8.25. The van der Waals surface area contributed by atoms with Crippen molar-refractivity contribution in [2.45, 2.75) is 57.3 Å². The zero-order chi connectivity index (χ0) is 35.1. The third-order valence-electron chi connectivity index (χ3n) is 8.90. The van der Waals surface area contributed by atoms with Crippen LogP contribution in [0.3, 0.4) is 0 Å². The predicted octanol–water partition coefficient (Wildman–Crippen LogP) is 6.69. The van der Waals surface area contributed by atoms with E-state index in [1.807, 2.05) is 32.0 Å². The minimum atomic E-state index is -0.810. The van der Waals surface area contributed by atoms with Gasteiger partial charge in [-0.15, -0.1) is 0 Å². The summed E-state index contributed by atoms with van der Waals surface area (Å²) < 4.78 is 26.0. The minimum absolute atomic E-state index is 0.140. The van der Waals surface area contributed by atoms with Crippen LogP contribution in [0.4, 0.5) is 21.7 Å². The number of nitrogens with one attached hydrogen (secondary N) is 4. The Morgan fingerprint density at radius 2 is 1.58 bits per heavy atom. The fourth-order valence-corrected chi connectivity index (χ4v) is 6.01. The number of pyridine rings is 3. The molecule has 0 aliphatic carbocycles. The van der Waals surface area contributed by atoms with Crippen molar-refractivity contribution in [2.24, 2.45) is 0 Å². The second-order valence-corrected chi connectivity index (χ2v) is 12.9. The molecule has 2 fully saturated rings. The Hall–Kier alpha value is -5.38. The Bertz CT molecular complexity index is 2050. The Morgan fingerprint density at radius 1 is 0.920 bits per heavy atom. The highest BCUT2D eigenvalue weighted by atomic mass is 19.1. The molecular formula is C38H40FN7O4. The first-order valence-electron chi connectivity index (χ1n) is 16.8. The molecule has 11 nitrogen and oxygen atoms in total. The number of ether oxygens (including phenoxy) is 2. The molecular weight excluding hydrogens is 637 g/mol. The highest BCUT2D eigenvalue weighted by Gasteiger charge is 2.26. The van der Waals surface area contributed by atoms with Crippen molar-refractivity contribution in [2.75, 3.05) is 36.9 Å². The number of halogens is 1. The van der Waals surface area contributed by atoms with E-state index < -0.39 is 17.3 Å². The van der Waals surface area contributed by atoms with Gasteiger partial charge in [0.1, 0.15) is 17.5 Å². The van der Waals surface area contributed by atoms with Gasteiger partial charge in [0.2, 0.25) is 5.69 Å². The maximum atomic E-state index is 14.9. The van der Waals surface area contributed by atoms with Gasteiger partial charge >= 0.3 is 0 Å². The van der Waals surface area contributed by atoms with Crippen LogP contribution in [0.2, 0.25) is 0 Å². The summed E-state index contributed by atoms with van der Waals surface area (Å²) in [4.78, 5) is 40.8. The molecule has 0 radical (unpaired) electrons. The summed E-state index contributed by atoms with van der Waals surface area (Å²) in [5.74, 6) is 0.198. The van der Waals surface area contributed by atoms with E-state index in [1.165, 1.54) is 6.07 Å². The van der Waals surface area contributed by atoms with Gasteiger partial charge in [0.25, 0.3) is 5.91 Å². The smallest absolute Gasteiger partial charge is 0.255 e. The van der Waals surface area contributed by atoms with E-state index in [1.54, 1.807) is 42.7 Å². The zero-order valence-corrected chi connectivity index (χ0v) is 28.1. The molecule has 5 aromatic rings. The summed E-state index contributed by atoms with van der Waals surface area (Å²) in [6.07, 6.45) is 8.17. The number of aromatic amines is 1. The van der Waals surface area contributed by atoms with Gasteiger partial charge in [0.15, 0.2) is 5.43 Å². The van der Waals surface area contributed by atoms with Gasteiger partial charge in [-0.25, -0.2) is 14.2 Å². The molecule has 7 rings (SSSR count). The molecule has 4 N–H and O–H groups in total. The Balaban J connectivity index is 0.000000240. The van der Waals surface area contributed by atoms with Crippen LogP contribution >= 0.6 is 0 Å². The summed E-state index contributed by atoms with van der Waals surface area (Å²) >= 11 is 0.